The van der Waals surface area contributed by atoms with E-state index in [1.165, 1.54) is 6.26 Å². The molecule has 0 amide bonds. The van der Waals surface area contributed by atoms with E-state index in [1.807, 2.05) is 19.1 Å². The van der Waals surface area contributed by atoms with E-state index in [0.717, 1.165) is 23.6 Å². The van der Waals surface area contributed by atoms with Crippen molar-refractivity contribution < 1.29 is 8.42 Å². The number of halogens is 1. The van der Waals surface area contributed by atoms with Gasteiger partial charge in [0.05, 0.1) is 4.90 Å². The predicted molar refractivity (Wildman–Crippen MR) is 111 cm³/mol. The van der Waals surface area contributed by atoms with Gasteiger partial charge in [-0.25, -0.2) is 8.42 Å². The topological polar surface area (TPSA) is 70.6 Å². The van der Waals surface area contributed by atoms with Crippen LogP contribution in [0.4, 0.5) is 0 Å². The van der Waals surface area contributed by atoms with Crippen LogP contribution in [-0.2, 0) is 16.4 Å². The first-order chi connectivity index (χ1) is 10.3. The number of hydrogen-bond acceptors (Lipinski definition) is 4. The minimum Gasteiger partial charge on any atom is -0.355 e. The normalized spacial score (nSPS) is 13.2. The van der Waals surface area contributed by atoms with E-state index in [-0.39, 0.29) is 24.0 Å². The van der Waals surface area contributed by atoms with Gasteiger partial charge in [-0.2, -0.15) is 11.8 Å². The third-order valence-electron chi connectivity index (χ3n) is 3.28. The van der Waals surface area contributed by atoms with Crippen LogP contribution in [0.3, 0.4) is 0 Å². The number of nitrogens with one attached hydrogen (secondary N) is 2. The summed E-state index contributed by atoms with van der Waals surface area (Å²) >= 11 is 1.80. The number of hydrogen-bond donors (Lipinski definition) is 2. The van der Waals surface area contributed by atoms with E-state index in [4.69, 9.17) is 0 Å². The Labute approximate surface area is 161 Å². The highest BCUT2D eigenvalue weighted by Gasteiger charge is 2.11. The first-order valence-corrected chi connectivity index (χ1v) is 10.2. The summed E-state index contributed by atoms with van der Waals surface area (Å²) in [6.45, 7) is 5.40. The highest BCUT2D eigenvalue weighted by Crippen LogP contribution is 2.16. The fourth-order valence-corrected chi connectivity index (χ4v) is 3.18. The summed E-state index contributed by atoms with van der Waals surface area (Å²) in [5.74, 6) is 0.741. The van der Waals surface area contributed by atoms with E-state index in [1.54, 1.807) is 24.9 Å². The fraction of sp³-hybridized carbons (Fsp3) is 0.533. The molecule has 1 aromatic rings. The largest absolute Gasteiger partial charge is 0.355 e. The molecule has 0 aliphatic carbocycles. The van der Waals surface area contributed by atoms with E-state index in [2.05, 4.69) is 28.8 Å². The monoisotopic (exact) mass is 471 g/mol. The van der Waals surface area contributed by atoms with Crippen LogP contribution >= 0.6 is 35.7 Å². The molecule has 1 atom stereocenters. The Morgan fingerprint density at radius 1 is 1.35 bits per heavy atom. The van der Waals surface area contributed by atoms with Crippen LogP contribution in [0.15, 0.2) is 28.1 Å². The SMILES string of the molecule is CN=C(NCc1ccc(S(C)(=O)=O)c(C)c1)NCC(C)SC.I. The van der Waals surface area contributed by atoms with Crippen molar-refractivity contribution in [3.63, 3.8) is 0 Å². The maximum absolute atomic E-state index is 11.6. The molecule has 23 heavy (non-hydrogen) atoms. The highest BCUT2D eigenvalue weighted by atomic mass is 127. The number of guanidine groups is 1. The molecule has 1 unspecified atom stereocenters. The van der Waals surface area contributed by atoms with Crippen LogP contribution in [0.2, 0.25) is 0 Å². The Morgan fingerprint density at radius 2 is 2.00 bits per heavy atom. The zero-order valence-electron chi connectivity index (χ0n) is 14.2. The van der Waals surface area contributed by atoms with Gasteiger partial charge in [-0.1, -0.05) is 19.1 Å². The zero-order valence-corrected chi connectivity index (χ0v) is 18.2. The molecule has 0 spiro atoms. The number of aryl methyl sites for hydroxylation is 1. The third kappa shape index (κ3) is 7.75. The first-order valence-electron chi connectivity index (χ1n) is 7.04. The van der Waals surface area contributed by atoms with Crippen LogP contribution in [0.5, 0.6) is 0 Å². The molecule has 132 valence electrons. The molecular formula is C15H26IN3O2S2. The fourth-order valence-electron chi connectivity index (χ4n) is 1.97. The van der Waals surface area contributed by atoms with Gasteiger partial charge in [-0.05, 0) is 30.4 Å². The highest BCUT2D eigenvalue weighted by molar-refractivity contribution is 14.0. The van der Waals surface area contributed by atoms with Gasteiger partial charge < -0.3 is 10.6 Å². The van der Waals surface area contributed by atoms with E-state index >= 15 is 0 Å². The van der Waals surface area contributed by atoms with E-state index < -0.39 is 9.84 Å². The second-order valence-electron chi connectivity index (χ2n) is 5.23. The van der Waals surface area contributed by atoms with Crippen molar-refractivity contribution in [1.29, 1.82) is 0 Å². The van der Waals surface area contributed by atoms with Gasteiger partial charge in [-0.3, -0.25) is 4.99 Å². The first kappa shape index (κ1) is 22.5. The van der Waals surface area contributed by atoms with Gasteiger partial charge >= 0.3 is 0 Å². The van der Waals surface area contributed by atoms with Crippen molar-refractivity contribution in [2.75, 3.05) is 26.1 Å². The van der Waals surface area contributed by atoms with Gasteiger partial charge in [0.1, 0.15) is 0 Å². The standard InChI is InChI=1S/C15H25N3O2S2.HI/c1-11-8-13(6-7-14(11)22(5,19)20)10-18-15(16-3)17-9-12(2)21-4;/h6-8,12H,9-10H2,1-5H3,(H2,16,17,18);1H. The Balaban J connectivity index is 0.00000484. The summed E-state index contributed by atoms with van der Waals surface area (Å²) < 4.78 is 23.2. The summed E-state index contributed by atoms with van der Waals surface area (Å²) in [5, 5.41) is 7.00. The van der Waals surface area contributed by atoms with Crippen LogP contribution in [0.1, 0.15) is 18.1 Å². The third-order valence-corrected chi connectivity index (χ3v) is 5.51. The lowest BCUT2D eigenvalue weighted by atomic mass is 10.1. The molecule has 8 heteroatoms. The molecule has 0 aliphatic heterocycles. The molecule has 0 heterocycles. The minimum absolute atomic E-state index is 0. The van der Waals surface area contributed by atoms with Crippen LogP contribution in [-0.4, -0.2) is 45.7 Å². The van der Waals surface area contributed by atoms with E-state index in [9.17, 15) is 8.42 Å². The lowest BCUT2D eigenvalue weighted by molar-refractivity contribution is 0.601. The molecule has 2 N–H and O–H groups in total. The lowest BCUT2D eigenvalue weighted by Gasteiger charge is -2.15. The molecule has 0 saturated carbocycles. The zero-order chi connectivity index (χ0) is 16.8. The summed E-state index contributed by atoms with van der Waals surface area (Å²) in [7, 11) is -1.43. The summed E-state index contributed by atoms with van der Waals surface area (Å²) in [4.78, 5) is 4.56. The summed E-state index contributed by atoms with van der Waals surface area (Å²) in [6.07, 6.45) is 3.31. The number of thioether (sulfide) groups is 1. The molecule has 1 rings (SSSR count). The molecule has 5 nitrogen and oxygen atoms in total. The quantitative estimate of drug-likeness (QED) is 0.379. The van der Waals surface area contributed by atoms with Gasteiger partial charge in [0, 0.05) is 31.6 Å². The maximum atomic E-state index is 11.6. The lowest BCUT2D eigenvalue weighted by Crippen LogP contribution is -2.39. The summed E-state index contributed by atoms with van der Waals surface area (Å²) in [5.41, 5.74) is 1.78. The molecule has 0 aromatic heterocycles. The predicted octanol–water partition coefficient (Wildman–Crippen LogP) is 2.43. The molecule has 0 bridgehead atoms. The molecular weight excluding hydrogens is 445 g/mol. The van der Waals surface area contributed by atoms with Crippen LogP contribution in [0.25, 0.3) is 0 Å². The van der Waals surface area contributed by atoms with Crippen LogP contribution < -0.4 is 10.6 Å². The molecule has 0 aliphatic rings. The van der Waals surface area contributed by atoms with Gasteiger partial charge in [-0.15, -0.1) is 24.0 Å². The Hall–Kier alpha value is -0.480. The smallest absolute Gasteiger partial charge is 0.191 e. The van der Waals surface area contributed by atoms with Crippen molar-refractivity contribution >= 4 is 51.5 Å². The number of nitrogens with zero attached hydrogens (tertiary/aromatic N) is 1. The van der Waals surface area contributed by atoms with Gasteiger partial charge in [0.25, 0.3) is 0 Å². The van der Waals surface area contributed by atoms with Gasteiger partial charge in [0.15, 0.2) is 15.8 Å². The van der Waals surface area contributed by atoms with Crippen molar-refractivity contribution in [2.45, 2.75) is 30.5 Å². The van der Waals surface area contributed by atoms with Gasteiger partial charge in [0.2, 0.25) is 0 Å². The maximum Gasteiger partial charge on any atom is 0.191 e. The second kappa shape index (κ2) is 10.4. The Bertz CT molecular complexity index is 634. The average Bonchev–Trinajstić information content (AvgIpc) is 2.45. The second-order valence-corrected chi connectivity index (χ2v) is 8.49. The number of benzene rings is 1. The van der Waals surface area contributed by atoms with Crippen molar-refractivity contribution in [1.82, 2.24) is 10.6 Å². The molecule has 0 radical (unpaired) electrons. The molecule has 0 saturated heterocycles. The average molecular weight is 471 g/mol. The van der Waals surface area contributed by atoms with Crippen molar-refractivity contribution in [2.24, 2.45) is 4.99 Å². The number of sulfone groups is 1. The number of rotatable bonds is 6. The molecule has 1 aromatic carbocycles. The van der Waals surface area contributed by atoms with Crippen molar-refractivity contribution in [3.05, 3.63) is 29.3 Å². The Kier molecular flexibility index (Phi) is 10.2. The van der Waals surface area contributed by atoms with Crippen LogP contribution in [0, 0.1) is 6.92 Å². The summed E-state index contributed by atoms with van der Waals surface area (Å²) in [6, 6.07) is 5.38. The molecule has 0 fully saturated rings. The van der Waals surface area contributed by atoms with Crippen molar-refractivity contribution in [3.8, 4) is 0 Å². The minimum atomic E-state index is -3.17. The number of aliphatic imine (C=N–C) groups is 1. The van der Waals surface area contributed by atoms with E-state index in [0.29, 0.717) is 16.7 Å². The Morgan fingerprint density at radius 3 is 2.48 bits per heavy atom.